The molecule has 2 aromatic carbocycles. The molecule has 9 nitrogen and oxygen atoms in total. The molecule has 12 heteroatoms. The van der Waals surface area contributed by atoms with E-state index in [1.54, 1.807) is 0 Å². The number of hydrazine groups is 1. The minimum absolute atomic E-state index is 0.00727. The number of thioether (sulfide) groups is 1. The van der Waals surface area contributed by atoms with Crippen molar-refractivity contribution in [2.45, 2.75) is 12.5 Å². The Hall–Kier alpha value is -2.82. The highest BCUT2D eigenvalue weighted by Crippen LogP contribution is 2.21. The van der Waals surface area contributed by atoms with E-state index in [1.165, 1.54) is 48.2 Å². The van der Waals surface area contributed by atoms with Gasteiger partial charge in [-0.25, -0.2) is 0 Å². The van der Waals surface area contributed by atoms with Crippen molar-refractivity contribution in [2.75, 3.05) is 12.0 Å². The number of hydrogen-bond acceptors (Lipinski definition) is 6. The molecule has 0 heterocycles. The first-order valence-corrected chi connectivity index (χ1v) is 11.0. The van der Waals surface area contributed by atoms with Gasteiger partial charge in [0, 0.05) is 22.7 Å². The van der Waals surface area contributed by atoms with Crippen LogP contribution in [-0.4, -0.2) is 40.7 Å². The molecule has 0 bridgehead atoms. The largest absolute Gasteiger partial charge is 0.340 e. The first kappa shape index (κ1) is 24.4. The van der Waals surface area contributed by atoms with Crippen LogP contribution >= 0.6 is 35.0 Å². The second kappa shape index (κ2) is 11.5. The van der Waals surface area contributed by atoms with Gasteiger partial charge in [-0.3, -0.25) is 35.3 Å². The van der Waals surface area contributed by atoms with Crippen LogP contribution in [0.25, 0.3) is 0 Å². The van der Waals surface area contributed by atoms with Crippen molar-refractivity contribution in [1.82, 2.24) is 16.2 Å². The molecule has 1 unspecified atom stereocenters. The van der Waals surface area contributed by atoms with Crippen molar-refractivity contribution < 1.29 is 19.3 Å². The average molecular weight is 485 g/mol. The Balaban J connectivity index is 2.05. The van der Waals surface area contributed by atoms with E-state index in [0.29, 0.717) is 10.8 Å². The molecule has 0 fully saturated rings. The third kappa shape index (κ3) is 7.12. The molecule has 2 aromatic rings. The molecule has 3 amide bonds. The van der Waals surface area contributed by atoms with Gasteiger partial charge in [0.25, 0.3) is 23.4 Å². The maximum atomic E-state index is 12.6. The molecule has 0 aliphatic heterocycles. The number of nitro groups is 1. The molecule has 31 heavy (non-hydrogen) atoms. The lowest BCUT2D eigenvalue weighted by atomic mass is 10.1. The fourth-order valence-electron chi connectivity index (χ4n) is 2.45. The van der Waals surface area contributed by atoms with E-state index in [1.807, 2.05) is 6.26 Å². The molecule has 2 rings (SSSR count). The molecule has 0 spiro atoms. The van der Waals surface area contributed by atoms with Crippen LogP contribution in [0, 0.1) is 10.1 Å². The summed E-state index contributed by atoms with van der Waals surface area (Å²) in [5, 5.41) is 13.9. The quantitative estimate of drug-likeness (QED) is 0.389. The summed E-state index contributed by atoms with van der Waals surface area (Å²) >= 11 is 13.4. The number of nitrogens with zero attached hydrogens (tertiary/aromatic N) is 1. The summed E-state index contributed by atoms with van der Waals surface area (Å²) in [6, 6.07) is 8.43. The van der Waals surface area contributed by atoms with E-state index in [-0.39, 0.29) is 28.3 Å². The van der Waals surface area contributed by atoms with Crippen LogP contribution in [-0.2, 0) is 4.79 Å². The highest BCUT2D eigenvalue weighted by Gasteiger charge is 2.23. The number of rotatable bonds is 8. The maximum Gasteiger partial charge on any atom is 0.270 e. The van der Waals surface area contributed by atoms with Gasteiger partial charge in [0.05, 0.1) is 15.5 Å². The van der Waals surface area contributed by atoms with Crippen LogP contribution in [0.4, 0.5) is 5.69 Å². The van der Waals surface area contributed by atoms with E-state index in [9.17, 15) is 24.5 Å². The Kier molecular flexibility index (Phi) is 9.10. The second-order valence-corrected chi connectivity index (χ2v) is 8.01. The Morgan fingerprint density at radius 1 is 1.10 bits per heavy atom. The van der Waals surface area contributed by atoms with Crippen molar-refractivity contribution in [2.24, 2.45) is 0 Å². The van der Waals surface area contributed by atoms with E-state index >= 15 is 0 Å². The summed E-state index contributed by atoms with van der Waals surface area (Å²) < 4.78 is 0. The molecule has 0 aliphatic rings. The van der Waals surface area contributed by atoms with E-state index in [2.05, 4.69) is 16.2 Å². The molecule has 0 saturated carbocycles. The standard InChI is InChI=1S/C19H18Cl2N4O5S/c1-31-8-7-16(22-18(27)14-6-5-12(20)10-15(14)21)19(28)24-23-17(26)11-3-2-4-13(9-11)25(29)30/h2-6,9-10,16H,7-8H2,1H3,(H,22,27)(H,23,26)(H,24,28). The van der Waals surface area contributed by atoms with Crippen molar-refractivity contribution in [3.05, 3.63) is 73.8 Å². The van der Waals surface area contributed by atoms with Crippen molar-refractivity contribution in [3.63, 3.8) is 0 Å². The molecule has 0 aromatic heterocycles. The summed E-state index contributed by atoms with van der Waals surface area (Å²) in [7, 11) is 0. The lowest BCUT2D eigenvalue weighted by Gasteiger charge is -2.19. The molecule has 0 saturated heterocycles. The van der Waals surface area contributed by atoms with Gasteiger partial charge in [-0.05, 0) is 42.7 Å². The first-order valence-electron chi connectivity index (χ1n) is 8.82. The molecule has 1 atom stereocenters. The van der Waals surface area contributed by atoms with Gasteiger partial charge < -0.3 is 5.32 Å². The Morgan fingerprint density at radius 2 is 1.84 bits per heavy atom. The molecule has 0 aliphatic carbocycles. The van der Waals surface area contributed by atoms with Gasteiger partial charge in [-0.2, -0.15) is 11.8 Å². The fourth-order valence-corrected chi connectivity index (χ4v) is 3.42. The molecule has 164 valence electrons. The van der Waals surface area contributed by atoms with E-state index < -0.39 is 28.7 Å². The average Bonchev–Trinajstić information content (AvgIpc) is 2.74. The number of amides is 3. The zero-order valence-electron chi connectivity index (χ0n) is 16.2. The molecule has 3 N–H and O–H groups in total. The number of carbonyl (C=O) groups excluding carboxylic acids is 3. The van der Waals surface area contributed by atoms with Crippen LogP contribution in [0.3, 0.4) is 0 Å². The number of nitro benzene ring substituents is 1. The van der Waals surface area contributed by atoms with Gasteiger partial charge in [0.2, 0.25) is 0 Å². The van der Waals surface area contributed by atoms with Gasteiger partial charge in [0.15, 0.2) is 0 Å². The Labute approximate surface area is 192 Å². The monoisotopic (exact) mass is 484 g/mol. The normalized spacial score (nSPS) is 11.3. The van der Waals surface area contributed by atoms with Crippen LogP contribution in [0.1, 0.15) is 27.1 Å². The van der Waals surface area contributed by atoms with E-state index in [0.717, 1.165) is 6.07 Å². The van der Waals surface area contributed by atoms with Crippen molar-refractivity contribution >= 4 is 58.4 Å². The van der Waals surface area contributed by atoms with E-state index in [4.69, 9.17) is 23.2 Å². The molecule has 0 radical (unpaired) electrons. The second-order valence-electron chi connectivity index (χ2n) is 6.18. The maximum absolute atomic E-state index is 12.6. The zero-order chi connectivity index (χ0) is 23.0. The highest BCUT2D eigenvalue weighted by molar-refractivity contribution is 7.98. The third-order valence-corrected chi connectivity index (χ3v) is 5.22. The number of carbonyl (C=O) groups is 3. The molecular formula is C19H18Cl2N4O5S. The first-order chi connectivity index (χ1) is 14.7. The number of halogens is 2. The summed E-state index contributed by atoms with van der Waals surface area (Å²) in [6.07, 6.45) is 2.13. The zero-order valence-corrected chi connectivity index (χ0v) is 18.5. The predicted octanol–water partition coefficient (Wildman–Crippen LogP) is 3.21. The van der Waals surface area contributed by atoms with Gasteiger partial charge in [0.1, 0.15) is 6.04 Å². The number of nitrogens with one attached hydrogen (secondary N) is 3. The van der Waals surface area contributed by atoms with Crippen LogP contribution in [0.5, 0.6) is 0 Å². The predicted molar refractivity (Wildman–Crippen MR) is 119 cm³/mol. The lowest BCUT2D eigenvalue weighted by Crippen LogP contribution is -2.52. The van der Waals surface area contributed by atoms with Crippen molar-refractivity contribution in [1.29, 1.82) is 0 Å². The molecular weight excluding hydrogens is 467 g/mol. The summed E-state index contributed by atoms with van der Waals surface area (Å²) in [6.45, 7) is 0. The van der Waals surface area contributed by atoms with Gasteiger partial charge in [-0.1, -0.05) is 29.3 Å². The van der Waals surface area contributed by atoms with Gasteiger partial charge in [-0.15, -0.1) is 0 Å². The van der Waals surface area contributed by atoms with Gasteiger partial charge >= 0.3 is 0 Å². The topological polar surface area (TPSA) is 130 Å². The Bertz CT molecular complexity index is 1010. The summed E-state index contributed by atoms with van der Waals surface area (Å²) in [5.41, 5.74) is 4.30. The van der Waals surface area contributed by atoms with Crippen LogP contribution < -0.4 is 16.2 Å². The highest BCUT2D eigenvalue weighted by atomic mass is 35.5. The number of non-ortho nitro benzene ring substituents is 1. The minimum Gasteiger partial charge on any atom is -0.340 e. The van der Waals surface area contributed by atoms with Crippen molar-refractivity contribution in [3.8, 4) is 0 Å². The minimum atomic E-state index is -0.961. The van der Waals surface area contributed by atoms with Crippen LogP contribution in [0.15, 0.2) is 42.5 Å². The van der Waals surface area contributed by atoms with Crippen LogP contribution in [0.2, 0.25) is 10.0 Å². The Morgan fingerprint density at radius 3 is 2.48 bits per heavy atom. The number of benzene rings is 2. The smallest absolute Gasteiger partial charge is 0.270 e. The summed E-state index contributed by atoms with van der Waals surface area (Å²) in [5.74, 6) is -1.42. The third-order valence-electron chi connectivity index (χ3n) is 4.03. The SMILES string of the molecule is CSCCC(NC(=O)c1ccc(Cl)cc1Cl)C(=O)NNC(=O)c1cccc([N+](=O)[O-])c1. The number of hydrogen-bond donors (Lipinski definition) is 3. The fraction of sp³-hybridized carbons (Fsp3) is 0.211. The lowest BCUT2D eigenvalue weighted by molar-refractivity contribution is -0.384. The summed E-state index contributed by atoms with van der Waals surface area (Å²) in [4.78, 5) is 47.5.